The summed E-state index contributed by atoms with van der Waals surface area (Å²) >= 11 is 6.09. The fraction of sp³-hybridized carbons (Fsp3) is 0.250. The molecule has 0 radical (unpaired) electrons. The van der Waals surface area contributed by atoms with E-state index in [-0.39, 0.29) is 11.6 Å². The molecular weight excluding hydrogens is 316 g/mol. The molecule has 2 N–H and O–H groups in total. The first-order valence-electron chi connectivity index (χ1n) is 7.19. The third kappa shape index (κ3) is 4.75. The van der Waals surface area contributed by atoms with E-state index < -0.39 is 5.91 Å². The van der Waals surface area contributed by atoms with Crippen LogP contribution in [0.25, 0.3) is 0 Å². The predicted octanol–water partition coefficient (Wildman–Crippen LogP) is 3.43. The van der Waals surface area contributed by atoms with E-state index in [0.29, 0.717) is 22.8 Å². The van der Waals surface area contributed by atoms with Crippen LogP contribution in [0.5, 0.6) is 0 Å². The number of benzene rings is 1. The Balaban J connectivity index is 2.13. The van der Waals surface area contributed by atoms with E-state index in [2.05, 4.69) is 20.6 Å². The van der Waals surface area contributed by atoms with Gasteiger partial charge in [-0.25, -0.2) is 4.98 Å². The molecule has 0 saturated heterocycles. The average molecular weight is 333 g/mol. The summed E-state index contributed by atoms with van der Waals surface area (Å²) in [6.45, 7) is 3.71. The summed E-state index contributed by atoms with van der Waals surface area (Å²) in [5, 5.41) is 5.79. The standard InChI is InChI=1S/C16H17ClN4O2/c1-3-4-15(22)20-11-5-6-12(17)13(7-11)21-16(23)14-9-18-10(2)8-19-14/h5-9H,3-4H2,1-2H3,(H,20,22)(H,21,23). The van der Waals surface area contributed by atoms with Crippen molar-refractivity contribution in [1.82, 2.24) is 9.97 Å². The molecule has 23 heavy (non-hydrogen) atoms. The van der Waals surface area contributed by atoms with Gasteiger partial charge >= 0.3 is 0 Å². The minimum Gasteiger partial charge on any atom is -0.326 e. The molecule has 1 aromatic carbocycles. The summed E-state index contributed by atoms with van der Waals surface area (Å²) in [6, 6.07) is 4.90. The van der Waals surface area contributed by atoms with Gasteiger partial charge in [0.2, 0.25) is 5.91 Å². The molecule has 0 atom stereocenters. The molecule has 0 bridgehead atoms. The highest BCUT2D eigenvalue weighted by atomic mass is 35.5. The van der Waals surface area contributed by atoms with Crippen molar-refractivity contribution >= 4 is 34.8 Å². The number of aryl methyl sites for hydroxylation is 1. The van der Waals surface area contributed by atoms with Gasteiger partial charge in [-0.05, 0) is 31.5 Å². The van der Waals surface area contributed by atoms with Gasteiger partial charge in [-0.1, -0.05) is 18.5 Å². The van der Waals surface area contributed by atoms with E-state index in [9.17, 15) is 9.59 Å². The second kappa shape index (κ2) is 7.69. The molecule has 0 fully saturated rings. The van der Waals surface area contributed by atoms with Gasteiger partial charge in [-0.2, -0.15) is 0 Å². The maximum Gasteiger partial charge on any atom is 0.275 e. The van der Waals surface area contributed by atoms with Crippen molar-refractivity contribution in [2.45, 2.75) is 26.7 Å². The molecule has 0 unspecified atom stereocenters. The minimum absolute atomic E-state index is 0.0866. The summed E-state index contributed by atoms with van der Waals surface area (Å²) in [5.74, 6) is -0.507. The van der Waals surface area contributed by atoms with Crippen molar-refractivity contribution in [3.63, 3.8) is 0 Å². The first-order chi connectivity index (χ1) is 11.0. The molecule has 0 spiro atoms. The molecule has 1 heterocycles. The lowest BCUT2D eigenvalue weighted by Crippen LogP contribution is -2.15. The zero-order chi connectivity index (χ0) is 16.8. The Morgan fingerprint density at radius 1 is 1.17 bits per heavy atom. The Morgan fingerprint density at radius 3 is 2.61 bits per heavy atom. The minimum atomic E-state index is -0.420. The molecule has 2 aromatic rings. The Bertz CT molecular complexity index is 717. The number of anilines is 2. The smallest absolute Gasteiger partial charge is 0.275 e. The summed E-state index contributed by atoms with van der Waals surface area (Å²) in [7, 11) is 0. The lowest BCUT2D eigenvalue weighted by molar-refractivity contribution is -0.116. The molecule has 6 nitrogen and oxygen atoms in total. The molecule has 0 aliphatic carbocycles. The monoisotopic (exact) mass is 332 g/mol. The van der Waals surface area contributed by atoms with Crippen LogP contribution in [0.4, 0.5) is 11.4 Å². The molecule has 120 valence electrons. The van der Waals surface area contributed by atoms with Crippen molar-refractivity contribution in [3.8, 4) is 0 Å². The quantitative estimate of drug-likeness (QED) is 0.878. The average Bonchev–Trinajstić information content (AvgIpc) is 2.51. The van der Waals surface area contributed by atoms with Gasteiger partial charge in [0.25, 0.3) is 5.91 Å². The third-order valence-corrected chi connectivity index (χ3v) is 3.32. The van der Waals surface area contributed by atoms with Gasteiger partial charge < -0.3 is 10.6 Å². The molecule has 2 rings (SSSR count). The summed E-state index contributed by atoms with van der Waals surface area (Å²) in [6.07, 6.45) is 4.10. The molecule has 1 aromatic heterocycles. The predicted molar refractivity (Wildman–Crippen MR) is 89.7 cm³/mol. The van der Waals surface area contributed by atoms with E-state index in [4.69, 9.17) is 11.6 Å². The summed E-state index contributed by atoms with van der Waals surface area (Å²) in [5.41, 5.74) is 1.87. The number of nitrogens with zero attached hydrogens (tertiary/aromatic N) is 2. The second-order valence-electron chi connectivity index (χ2n) is 4.99. The SMILES string of the molecule is CCCC(=O)Nc1ccc(Cl)c(NC(=O)c2cnc(C)cn2)c1. The molecule has 7 heteroatoms. The number of halogens is 1. The zero-order valence-corrected chi connectivity index (χ0v) is 13.6. The number of carbonyl (C=O) groups excluding carboxylic acids is 2. The second-order valence-corrected chi connectivity index (χ2v) is 5.40. The highest BCUT2D eigenvalue weighted by Crippen LogP contribution is 2.26. The van der Waals surface area contributed by atoms with Crippen molar-refractivity contribution in [2.75, 3.05) is 10.6 Å². The van der Waals surface area contributed by atoms with Crippen molar-refractivity contribution < 1.29 is 9.59 Å². The van der Waals surface area contributed by atoms with Crippen LogP contribution in [0.3, 0.4) is 0 Å². The van der Waals surface area contributed by atoms with Crippen molar-refractivity contribution in [1.29, 1.82) is 0 Å². The topological polar surface area (TPSA) is 84.0 Å². The van der Waals surface area contributed by atoms with Gasteiger partial charge in [0.1, 0.15) is 5.69 Å². The lowest BCUT2D eigenvalue weighted by Gasteiger charge is -2.10. The van der Waals surface area contributed by atoms with Gasteiger partial charge in [0, 0.05) is 18.3 Å². The van der Waals surface area contributed by atoms with E-state index in [1.54, 1.807) is 25.1 Å². The number of hydrogen-bond acceptors (Lipinski definition) is 4. The Morgan fingerprint density at radius 2 is 1.96 bits per heavy atom. The van der Waals surface area contributed by atoms with Crippen LogP contribution < -0.4 is 10.6 Å². The number of aromatic nitrogens is 2. The molecule has 0 aliphatic heterocycles. The summed E-state index contributed by atoms with van der Waals surface area (Å²) in [4.78, 5) is 31.8. The third-order valence-electron chi connectivity index (χ3n) is 2.99. The van der Waals surface area contributed by atoms with Crippen LogP contribution in [-0.2, 0) is 4.79 Å². The number of carbonyl (C=O) groups is 2. The normalized spacial score (nSPS) is 10.2. The summed E-state index contributed by atoms with van der Waals surface area (Å²) < 4.78 is 0. The van der Waals surface area contributed by atoms with Crippen LogP contribution in [0.2, 0.25) is 5.02 Å². The Labute approximate surface area is 139 Å². The van der Waals surface area contributed by atoms with Crippen LogP contribution in [0.15, 0.2) is 30.6 Å². The first-order valence-corrected chi connectivity index (χ1v) is 7.56. The van der Waals surface area contributed by atoms with Gasteiger partial charge in [0.05, 0.1) is 22.6 Å². The molecular formula is C16H17ClN4O2. The molecule has 2 amide bonds. The van der Waals surface area contributed by atoms with E-state index in [1.807, 2.05) is 6.92 Å². The Kier molecular flexibility index (Phi) is 5.65. The maximum absolute atomic E-state index is 12.2. The number of hydrogen-bond donors (Lipinski definition) is 2. The van der Waals surface area contributed by atoms with E-state index in [0.717, 1.165) is 12.1 Å². The fourth-order valence-corrected chi connectivity index (χ4v) is 2.01. The highest BCUT2D eigenvalue weighted by Gasteiger charge is 2.11. The number of nitrogens with one attached hydrogen (secondary N) is 2. The van der Waals surface area contributed by atoms with E-state index >= 15 is 0 Å². The van der Waals surface area contributed by atoms with Gasteiger partial charge in [0.15, 0.2) is 0 Å². The van der Waals surface area contributed by atoms with Crippen LogP contribution in [-0.4, -0.2) is 21.8 Å². The van der Waals surface area contributed by atoms with Crippen LogP contribution in [0, 0.1) is 6.92 Å². The van der Waals surface area contributed by atoms with Crippen LogP contribution in [0.1, 0.15) is 35.9 Å². The lowest BCUT2D eigenvalue weighted by atomic mass is 10.2. The van der Waals surface area contributed by atoms with Crippen molar-refractivity contribution in [3.05, 3.63) is 47.0 Å². The maximum atomic E-state index is 12.2. The van der Waals surface area contributed by atoms with E-state index in [1.165, 1.54) is 12.4 Å². The van der Waals surface area contributed by atoms with Gasteiger partial charge in [-0.15, -0.1) is 0 Å². The zero-order valence-electron chi connectivity index (χ0n) is 12.9. The van der Waals surface area contributed by atoms with Gasteiger partial charge in [-0.3, -0.25) is 14.6 Å². The highest BCUT2D eigenvalue weighted by molar-refractivity contribution is 6.34. The van der Waals surface area contributed by atoms with Crippen LogP contribution >= 0.6 is 11.6 Å². The number of rotatable bonds is 5. The fourth-order valence-electron chi connectivity index (χ4n) is 1.85. The largest absolute Gasteiger partial charge is 0.326 e. The molecule has 0 aliphatic rings. The Hall–Kier alpha value is -2.47. The molecule has 0 saturated carbocycles. The number of amides is 2. The first kappa shape index (κ1) is 16.9. The van der Waals surface area contributed by atoms with Crippen molar-refractivity contribution in [2.24, 2.45) is 0 Å².